The van der Waals surface area contributed by atoms with Gasteiger partial charge in [-0.15, -0.1) is 0 Å². The molecule has 1 aliphatic rings. The number of nitrogen functional groups attached to an aromatic ring is 1. The molecule has 0 saturated heterocycles. The maximum Gasteiger partial charge on any atom is 0.226 e. The molecule has 4 nitrogen and oxygen atoms in total. The largest absolute Gasteiger partial charge is 0.397 e. The van der Waals surface area contributed by atoms with Crippen LogP contribution in [-0.4, -0.2) is 18.6 Å². The number of benzene rings is 1. The summed E-state index contributed by atoms with van der Waals surface area (Å²) in [6.45, 7) is 0.414. The molecule has 1 aromatic carbocycles. The molecule has 0 radical (unpaired) electrons. The van der Waals surface area contributed by atoms with E-state index in [9.17, 15) is 9.18 Å². The Kier molecular flexibility index (Phi) is 5.99. The number of nitrogens with one attached hydrogen (secondary N) is 1. The quantitative estimate of drug-likeness (QED) is 0.645. The van der Waals surface area contributed by atoms with Gasteiger partial charge in [0.15, 0.2) is 0 Å². The van der Waals surface area contributed by atoms with E-state index < -0.39 is 5.82 Å². The molecular formula is C16H23FN2O2. The molecule has 0 aliphatic heterocycles. The number of carbonyl (C=O) groups is 1. The van der Waals surface area contributed by atoms with Gasteiger partial charge in [0.05, 0.1) is 30.5 Å². The molecule has 0 bridgehead atoms. The summed E-state index contributed by atoms with van der Waals surface area (Å²) >= 11 is 0. The van der Waals surface area contributed by atoms with Crippen LogP contribution in [0.4, 0.5) is 15.8 Å². The Hall–Kier alpha value is -1.62. The van der Waals surface area contributed by atoms with Gasteiger partial charge in [-0.2, -0.15) is 0 Å². The van der Waals surface area contributed by atoms with E-state index in [0.717, 1.165) is 12.8 Å². The number of rotatable bonds is 5. The van der Waals surface area contributed by atoms with Gasteiger partial charge in [0.1, 0.15) is 5.82 Å². The summed E-state index contributed by atoms with van der Waals surface area (Å²) in [5.41, 5.74) is 6.32. The summed E-state index contributed by atoms with van der Waals surface area (Å²) in [5.74, 6) is -0.580. The van der Waals surface area contributed by atoms with Crippen LogP contribution in [0.1, 0.15) is 44.9 Å². The molecule has 1 aliphatic carbocycles. The molecule has 0 aromatic heterocycles. The maximum atomic E-state index is 12.9. The van der Waals surface area contributed by atoms with Gasteiger partial charge in [0, 0.05) is 0 Å². The van der Waals surface area contributed by atoms with E-state index in [1.165, 1.54) is 43.9 Å². The van der Waals surface area contributed by atoms with Gasteiger partial charge >= 0.3 is 0 Å². The van der Waals surface area contributed by atoms with Crippen LogP contribution in [0.25, 0.3) is 0 Å². The molecule has 0 atom stereocenters. The lowest BCUT2D eigenvalue weighted by atomic mass is 10.1. The third kappa shape index (κ3) is 5.34. The van der Waals surface area contributed by atoms with E-state index in [4.69, 9.17) is 10.5 Å². The molecule has 3 N–H and O–H groups in total. The van der Waals surface area contributed by atoms with Gasteiger partial charge in [-0.1, -0.05) is 25.7 Å². The average molecular weight is 294 g/mol. The van der Waals surface area contributed by atoms with Crippen LogP contribution in [0.2, 0.25) is 0 Å². The summed E-state index contributed by atoms with van der Waals surface area (Å²) in [6.07, 6.45) is 7.74. The second-order valence-electron chi connectivity index (χ2n) is 5.51. The maximum absolute atomic E-state index is 12.9. The topological polar surface area (TPSA) is 64.3 Å². The zero-order valence-electron chi connectivity index (χ0n) is 12.2. The van der Waals surface area contributed by atoms with Gasteiger partial charge in [-0.25, -0.2) is 4.39 Å². The van der Waals surface area contributed by atoms with E-state index in [1.807, 2.05) is 0 Å². The van der Waals surface area contributed by atoms with E-state index >= 15 is 0 Å². The fraction of sp³-hybridized carbons (Fsp3) is 0.562. The normalized spacial score (nSPS) is 16.4. The molecule has 1 saturated carbocycles. The first kappa shape index (κ1) is 15.8. The second kappa shape index (κ2) is 7.98. The van der Waals surface area contributed by atoms with Crippen molar-refractivity contribution in [3.8, 4) is 0 Å². The zero-order valence-corrected chi connectivity index (χ0v) is 12.2. The van der Waals surface area contributed by atoms with Crippen LogP contribution in [0, 0.1) is 5.82 Å². The third-order valence-corrected chi connectivity index (χ3v) is 3.77. The number of nitrogens with two attached hydrogens (primary N) is 1. The zero-order chi connectivity index (χ0) is 15.1. The van der Waals surface area contributed by atoms with Crippen LogP contribution in [-0.2, 0) is 9.53 Å². The van der Waals surface area contributed by atoms with Crippen LogP contribution in [0.3, 0.4) is 0 Å². The molecular weight excluding hydrogens is 271 g/mol. The molecule has 116 valence electrons. The first-order chi connectivity index (χ1) is 10.1. The van der Waals surface area contributed by atoms with Crippen LogP contribution in [0.5, 0.6) is 0 Å². The van der Waals surface area contributed by atoms with E-state index in [0.29, 0.717) is 12.3 Å². The highest BCUT2D eigenvalue weighted by Gasteiger charge is 2.13. The molecule has 0 unspecified atom stereocenters. The lowest BCUT2D eigenvalue weighted by molar-refractivity contribution is -0.117. The number of amides is 1. The Morgan fingerprint density at radius 2 is 2.00 bits per heavy atom. The molecule has 1 fully saturated rings. The Labute approximate surface area is 124 Å². The van der Waals surface area contributed by atoms with Gasteiger partial charge < -0.3 is 15.8 Å². The summed E-state index contributed by atoms with van der Waals surface area (Å²) in [7, 11) is 0. The number of hydrogen-bond donors (Lipinski definition) is 2. The van der Waals surface area contributed by atoms with E-state index in [-0.39, 0.29) is 24.1 Å². The van der Waals surface area contributed by atoms with Crippen LogP contribution in [0.15, 0.2) is 18.2 Å². The molecule has 0 heterocycles. The van der Waals surface area contributed by atoms with E-state index in [1.54, 1.807) is 0 Å². The summed E-state index contributed by atoms with van der Waals surface area (Å²) in [5, 5.41) is 2.68. The lowest BCUT2D eigenvalue weighted by Crippen LogP contribution is -2.18. The van der Waals surface area contributed by atoms with Gasteiger partial charge in [-0.05, 0) is 31.0 Å². The molecule has 0 spiro atoms. The Balaban J connectivity index is 1.71. The van der Waals surface area contributed by atoms with Crippen molar-refractivity contribution < 1.29 is 13.9 Å². The second-order valence-corrected chi connectivity index (χ2v) is 5.51. The molecule has 21 heavy (non-hydrogen) atoms. The van der Waals surface area contributed by atoms with Crippen LogP contribution < -0.4 is 11.1 Å². The number of carbonyl (C=O) groups excluding carboxylic acids is 1. The lowest BCUT2D eigenvalue weighted by Gasteiger charge is -2.15. The number of anilines is 2. The first-order valence-corrected chi connectivity index (χ1v) is 7.61. The Bertz CT molecular complexity index is 471. The average Bonchev–Trinajstić information content (AvgIpc) is 2.71. The molecule has 1 aromatic rings. The van der Waals surface area contributed by atoms with Crippen molar-refractivity contribution in [3.63, 3.8) is 0 Å². The van der Waals surface area contributed by atoms with Gasteiger partial charge in [-0.3, -0.25) is 4.79 Å². The molecule has 2 rings (SSSR count). The van der Waals surface area contributed by atoms with Crippen molar-refractivity contribution in [2.75, 3.05) is 17.7 Å². The smallest absolute Gasteiger partial charge is 0.226 e. The van der Waals surface area contributed by atoms with Crippen molar-refractivity contribution >= 4 is 17.3 Å². The van der Waals surface area contributed by atoms with E-state index in [2.05, 4.69) is 5.32 Å². The summed E-state index contributed by atoms with van der Waals surface area (Å²) in [4.78, 5) is 11.8. The highest BCUT2D eigenvalue weighted by atomic mass is 19.1. The molecule has 5 heteroatoms. The van der Waals surface area contributed by atoms with Gasteiger partial charge in [0.25, 0.3) is 0 Å². The minimum Gasteiger partial charge on any atom is -0.397 e. The Morgan fingerprint density at radius 1 is 1.29 bits per heavy atom. The minimum absolute atomic E-state index is 0.165. The predicted molar refractivity (Wildman–Crippen MR) is 81.5 cm³/mol. The monoisotopic (exact) mass is 294 g/mol. The van der Waals surface area contributed by atoms with Gasteiger partial charge in [0.2, 0.25) is 5.91 Å². The molecule has 1 amide bonds. The number of hydrogen-bond acceptors (Lipinski definition) is 3. The fourth-order valence-corrected chi connectivity index (χ4v) is 2.59. The van der Waals surface area contributed by atoms with Crippen molar-refractivity contribution in [3.05, 3.63) is 24.0 Å². The number of ether oxygens (including phenoxy) is 1. The fourth-order valence-electron chi connectivity index (χ4n) is 2.59. The number of halogens is 1. The van der Waals surface area contributed by atoms with Crippen LogP contribution >= 0.6 is 0 Å². The highest BCUT2D eigenvalue weighted by molar-refractivity contribution is 5.93. The van der Waals surface area contributed by atoms with Crippen molar-refractivity contribution in [2.24, 2.45) is 0 Å². The Morgan fingerprint density at radius 3 is 2.67 bits per heavy atom. The first-order valence-electron chi connectivity index (χ1n) is 7.61. The standard InChI is InChI=1S/C16H23FN2O2/c17-12-7-8-15(14(18)11-12)19-16(20)9-10-21-13-5-3-1-2-4-6-13/h7-8,11,13H,1-6,9-10,18H2,(H,19,20). The summed E-state index contributed by atoms with van der Waals surface area (Å²) in [6, 6.07) is 3.93. The van der Waals surface area contributed by atoms with Crippen molar-refractivity contribution in [1.29, 1.82) is 0 Å². The minimum atomic E-state index is -0.415. The van der Waals surface area contributed by atoms with Crippen molar-refractivity contribution in [1.82, 2.24) is 0 Å². The van der Waals surface area contributed by atoms with Crippen molar-refractivity contribution in [2.45, 2.75) is 51.0 Å². The SMILES string of the molecule is Nc1cc(F)ccc1NC(=O)CCOC1CCCCCC1. The highest BCUT2D eigenvalue weighted by Crippen LogP contribution is 2.21. The predicted octanol–water partition coefficient (Wildman–Crippen LogP) is 3.48. The third-order valence-electron chi connectivity index (χ3n) is 3.77. The summed E-state index contributed by atoms with van der Waals surface area (Å²) < 4.78 is 18.7.